The van der Waals surface area contributed by atoms with E-state index >= 15 is 0 Å². The van der Waals surface area contributed by atoms with Crippen LogP contribution < -0.4 is 0 Å². The van der Waals surface area contributed by atoms with E-state index in [0.717, 1.165) is 3.70 Å². The lowest BCUT2D eigenvalue weighted by Crippen LogP contribution is -2.07. The molecule has 0 saturated carbocycles. The zero-order valence-corrected chi connectivity index (χ0v) is 9.90. The summed E-state index contributed by atoms with van der Waals surface area (Å²) in [5, 5.41) is 4.11. The van der Waals surface area contributed by atoms with Gasteiger partial charge in [0.05, 0.1) is 7.11 Å². The molecule has 4 nitrogen and oxygen atoms in total. The normalized spacial score (nSPS) is 10.5. The zero-order valence-electron chi connectivity index (χ0n) is 7.74. The van der Waals surface area contributed by atoms with Gasteiger partial charge in [-0.1, -0.05) is 0 Å². The van der Waals surface area contributed by atoms with Gasteiger partial charge in [0.1, 0.15) is 3.70 Å². The molecule has 0 spiro atoms. The van der Waals surface area contributed by atoms with Crippen LogP contribution in [-0.4, -0.2) is 22.9 Å². The first-order valence-electron chi connectivity index (χ1n) is 3.89. The number of aromatic nitrogens is 2. The van der Waals surface area contributed by atoms with Crippen LogP contribution in [-0.2, 0) is 4.74 Å². The molecule has 72 valence electrons. The van der Waals surface area contributed by atoms with Crippen molar-refractivity contribution in [3.05, 3.63) is 15.5 Å². The molecule has 0 saturated heterocycles. The van der Waals surface area contributed by atoms with Gasteiger partial charge in [0.15, 0.2) is 5.69 Å². The molecule has 0 atom stereocenters. The Morgan fingerprint density at radius 3 is 2.69 bits per heavy atom. The molecule has 1 aromatic rings. The maximum atomic E-state index is 11.1. The minimum Gasteiger partial charge on any atom is -0.464 e. The van der Waals surface area contributed by atoms with E-state index in [0.29, 0.717) is 5.69 Å². The maximum absolute atomic E-state index is 11.1. The minimum atomic E-state index is -0.391. The molecule has 1 rings (SSSR count). The average Bonchev–Trinajstić information content (AvgIpc) is 2.46. The van der Waals surface area contributed by atoms with Crippen molar-refractivity contribution in [3.63, 3.8) is 0 Å². The van der Waals surface area contributed by atoms with Crippen molar-refractivity contribution in [1.82, 2.24) is 9.78 Å². The molecular weight excluding hydrogens is 283 g/mol. The molecule has 0 aliphatic carbocycles. The Kier molecular flexibility index (Phi) is 3.29. The molecule has 0 radical (unpaired) electrons. The zero-order chi connectivity index (χ0) is 10.0. The van der Waals surface area contributed by atoms with E-state index in [4.69, 9.17) is 0 Å². The summed E-state index contributed by atoms with van der Waals surface area (Å²) in [4.78, 5) is 11.1. The van der Waals surface area contributed by atoms with Crippen LogP contribution in [0.3, 0.4) is 0 Å². The van der Waals surface area contributed by atoms with Gasteiger partial charge in [-0.3, -0.25) is 4.68 Å². The highest BCUT2D eigenvalue weighted by Gasteiger charge is 2.14. The number of esters is 1. The molecule has 0 N–H and O–H groups in total. The number of hydrogen-bond acceptors (Lipinski definition) is 3. The lowest BCUT2D eigenvalue weighted by atomic mass is 10.4. The van der Waals surface area contributed by atoms with E-state index in [-0.39, 0.29) is 6.04 Å². The van der Waals surface area contributed by atoms with Gasteiger partial charge >= 0.3 is 5.97 Å². The molecule has 0 fully saturated rings. The van der Waals surface area contributed by atoms with Gasteiger partial charge in [0.2, 0.25) is 0 Å². The molecule has 0 aromatic carbocycles. The number of methoxy groups -OCH3 is 1. The summed E-state index contributed by atoms with van der Waals surface area (Å²) < 4.78 is 7.29. The highest BCUT2D eigenvalue weighted by molar-refractivity contribution is 14.1. The Balaban J connectivity index is 3.02. The Morgan fingerprint density at radius 1 is 1.69 bits per heavy atom. The molecule has 0 unspecified atom stereocenters. The summed E-state index contributed by atoms with van der Waals surface area (Å²) in [5.74, 6) is -0.391. The van der Waals surface area contributed by atoms with Crippen LogP contribution in [0.1, 0.15) is 30.4 Å². The molecule has 5 heteroatoms. The number of carbonyl (C=O) groups is 1. The summed E-state index contributed by atoms with van der Waals surface area (Å²) in [5.41, 5.74) is 0.362. The fourth-order valence-electron chi connectivity index (χ4n) is 0.938. The maximum Gasteiger partial charge on any atom is 0.358 e. The molecule has 1 heterocycles. The molecule has 0 aliphatic rings. The van der Waals surface area contributed by atoms with Crippen LogP contribution in [0.25, 0.3) is 0 Å². The van der Waals surface area contributed by atoms with E-state index in [1.54, 1.807) is 10.7 Å². The minimum absolute atomic E-state index is 0.255. The van der Waals surface area contributed by atoms with E-state index in [2.05, 4.69) is 32.4 Å². The van der Waals surface area contributed by atoms with Crippen molar-refractivity contribution >= 4 is 28.6 Å². The second-order valence-electron chi connectivity index (χ2n) is 2.88. The predicted octanol–water partition coefficient (Wildman–Crippen LogP) is 1.86. The smallest absolute Gasteiger partial charge is 0.358 e. The topological polar surface area (TPSA) is 44.1 Å². The van der Waals surface area contributed by atoms with Crippen molar-refractivity contribution in [2.24, 2.45) is 0 Å². The van der Waals surface area contributed by atoms with Crippen LogP contribution in [0.5, 0.6) is 0 Å². The van der Waals surface area contributed by atoms with Gasteiger partial charge in [-0.05, 0) is 36.4 Å². The highest BCUT2D eigenvalue weighted by Crippen LogP contribution is 2.13. The number of ether oxygens (including phenoxy) is 1. The SMILES string of the molecule is COC(=O)c1cc(I)n(C(C)C)n1. The predicted molar refractivity (Wildman–Crippen MR) is 56.7 cm³/mol. The van der Waals surface area contributed by atoms with Gasteiger partial charge in [0.25, 0.3) is 0 Å². The molecular formula is C8H11IN2O2. The number of nitrogens with zero attached hydrogens (tertiary/aromatic N) is 2. The molecule has 13 heavy (non-hydrogen) atoms. The van der Waals surface area contributed by atoms with Crippen LogP contribution >= 0.6 is 22.6 Å². The van der Waals surface area contributed by atoms with Crippen molar-refractivity contribution in [3.8, 4) is 0 Å². The Labute approximate surface area is 90.4 Å². The number of carbonyl (C=O) groups excluding carboxylic acids is 1. The van der Waals surface area contributed by atoms with Crippen LogP contribution in [0.2, 0.25) is 0 Å². The van der Waals surface area contributed by atoms with Crippen molar-refractivity contribution in [1.29, 1.82) is 0 Å². The quantitative estimate of drug-likeness (QED) is 0.617. The largest absolute Gasteiger partial charge is 0.464 e. The first kappa shape index (κ1) is 10.5. The molecule has 0 amide bonds. The standard InChI is InChI=1S/C8H11IN2O2/c1-5(2)11-7(9)4-6(10-11)8(12)13-3/h4-5H,1-3H3. The second kappa shape index (κ2) is 4.08. The average molecular weight is 294 g/mol. The number of halogens is 1. The third-order valence-corrected chi connectivity index (χ3v) is 2.38. The van der Waals surface area contributed by atoms with Crippen LogP contribution in [0.4, 0.5) is 0 Å². The van der Waals surface area contributed by atoms with Gasteiger partial charge in [0, 0.05) is 12.1 Å². The summed E-state index contributed by atoms with van der Waals surface area (Å²) in [6.07, 6.45) is 0. The van der Waals surface area contributed by atoms with E-state index in [1.165, 1.54) is 7.11 Å². The van der Waals surface area contributed by atoms with Crippen molar-refractivity contribution < 1.29 is 9.53 Å². The first-order chi connectivity index (χ1) is 6.06. The van der Waals surface area contributed by atoms with E-state index < -0.39 is 5.97 Å². The second-order valence-corrected chi connectivity index (χ2v) is 3.99. The Hall–Kier alpha value is -0.590. The van der Waals surface area contributed by atoms with Crippen molar-refractivity contribution in [2.75, 3.05) is 7.11 Å². The van der Waals surface area contributed by atoms with Crippen LogP contribution in [0.15, 0.2) is 6.07 Å². The number of hydrogen-bond donors (Lipinski definition) is 0. The Bertz CT molecular complexity index is 320. The summed E-state index contributed by atoms with van der Waals surface area (Å²) in [7, 11) is 1.35. The third-order valence-electron chi connectivity index (χ3n) is 1.57. The van der Waals surface area contributed by atoms with Crippen LogP contribution in [0, 0.1) is 3.70 Å². The van der Waals surface area contributed by atoms with E-state index in [1.807, 2.05) is 13.8 Å². The summed E-state index contributed by atoms with van der Waals surface area (Å²) >= 11 is 2.14. The van der Waals surface area contributed by atoms with Gasteiger partial charge < -0.3 is 4.74 Å². The number of rotatable bonds is 2. The van der Waals surface area contributed by atoms with Gasteiger partial charge in [-0.25, -0.2) is 4.79 Å². The third kappa shape index (κ3) is 2.20. The first-order valence-corrected chi connectivity index (χ1v) is 4.97. The lowest BCUT2D eigenvalue weighted by Gasteiger charge is -2.05. The fraction of sp³-hybridized carbons (Fsp3) is 0.500. The summed E-state index contributed by atoms with van der Waals surface area (Å²) in [6.45, 7) is 4.02. The lowest BCUT2D eigenvalue weighted by molar-refractivity contribution is 0.0593. The Morgan fingerprint density at radius 2 is 2.31 bits per heavy atom. The van der Waals surface area contributed by atoms with Crippen molar-refractivity contribution in [2.45, 2.75) is 19.9 Å². The molecule has 1 aromatic heterocycles. The summed E-state index contributed by atoms with van der Waals surface area (Å²) in [6, 6.07) is 1.97. The molecule has 0 aliphatic heterocycles. The highest BCUT2D eigenvalue weighted by atomic mass is 127. The van der Waals surface area contributed by atoms with Gasteiger partial charge in [-0.15, -0.1) is 0 Å². The monoisotopic (exact) mass is 294 g/mol. The molecule has 0 bridgehead atoms. The fourth-order valence-corrected chi connectivity index (χ4v) is 1.90. The van der Waals surface area contributed by atoms with Gasteiger partial charge in [-0.2, -0.15) is 5.10 Å². The van der Waals surface area contributed by atoms with E-state index in [9.17, 15) is 4.79 Å².